The van der Waals surface area contributed by atoms with Crippen molar-refractivity contribution in [2.75, 3.05) is 12.8 Å². The number of carboxylic acid groups (broad SMARTS) is 1. The number of benzene rings is 3. The highest BCUT2D eigenvalue weighted by molar-refractivity contribution is 7.16. The molecule has 0 fully saturated rings. The summed E-state index contributed by atoms with van der Waals surface area (Å²) >= 11 is 1.24. The first-order valence-electron chi connectivity index (χ1n) is 9.87. The Morgan fingerprint density at radius 3 is 1.70 bits per heavy atom. The van der Waals surface area contributed by atoms with Gasteiger partial charge in [-0.1, -0.05) is 107 Å². The molecule has 0 aliphatic rings. The van der Waals surface area contributed by atoms with E-state index in [1.165, 1.54) is 18.4 Å². The van der Waals surface area contributed by atoms with Gasteiger partial charge >= 0.3 is 5.97 Å². The fourth-order valence-corrected chi connectivity index (χ4v) is 5.08. The molecule has 3 aromatic carbocycles. The van der Waals surface area contributed by atoms with E-state index in [2.05, 4.69) is 10.1 Å². The van der Waals surface area contributed by atoms with E-state index in [1.807, 2.05) is 91.0 Å². The number of nitrogen functional groups attached to an aromatic ring is 1. The lowest BCUT2D eigenvalue weighted by molar-refractivity contribution is -0.129. The van der Waals surface area contributed by atoms with Gasteiger partial charge in [-0.05, 0) is 16.7 Å². The first-order valence-corrected chi connectivity index (χ1v) is 10.7. The molecule has 0 amide bonds. The van der Waals surface area contributed by atoms with Gasteiger partial charge in [-0.3, -0.25) is 0 Å². The van der Waals surface area contributed by atoms with E-state index in [0.29, 0.717) is 4.88 Å². The van der Waals surface area contributed by atoms with Crippen LogP contribution in [0.1, 0.15) is 27.3 Å². The van der Waals surface area contributed by atoms with Crippen LogP contribution >= 0.6 is 23.7 Å². The van der Waals surface area contributed by atoms with Gasteiger partial charge in [0.25, 0.3) is 0 Å². The topological polar surface area (TPSA) is 97.8 Å². The summed E-state index contributed by atoms with van der Waals surface area (Å²) in [6, 6.07) is 29.7. The number of oxime groups is 1. The fraction of sp³-hybridized carbons (Fsp3) is 0.0800. The molecule has 0 bridgehead atoms. The van der Waals surface area contributed by atoms with Gasteiger partial charge in [-0.2, -0.15) is 0 Å². The fourth-order valence-electron chi connectivity index (χ4n) is 3.98. The summed E-state index contributed by atoms with van der Waals surface area (Å²) in [5, 5.41) is 13.9. The summed E-state index contributed by atoms with van der Waals surface area (Å²) in [6.07, 6.45) is 0. The second-order valence-electron chi connectivity index (χ2n) is 7.01. The maximum atomic E-state index is 12.1. The summed E-state index contributed by atoms with van der Waals surface area (Å²) in [5.41, 5.74) is 8.01. The zero-order valence-corrected chi connectivity index (χ0v) is 19.3. The lowest BCUT2D eigenvalue weighted by Gasteiger charge is -2.35. The van der Waals surface area contributed by atoms with Crippen molar-refractivity contribution in [3.63, 3.8) is 0 Å². The normalized spacial score (nSPS) is 11.5. The highest BCUT2D eigenvalue weighted by atomic mass is 35.5. The Morgan fingerprint density at radius 2 is 1.33 bits per heavy atom. The summed E-state index contributed by atoms with van der Waals surface area (Å²) < 4.78 is 0. The summed E-state index contributed by atoms with van der Waals surface area (Å²) in [5.74, 6) is -1.25. The minimum absolute atomic E-state index is 0. The molecule has 0 radical (unpaired) electrons. The van der Waals surface area contributed by atoms with Gasteiger partial charge in [0.15, 0.2) is 5.13 Å². The molecular formula is C25H22ClN3O3S. The van der Waals surface area contributed by atoms with Gasteiger partial charge in [0.1, 0.15) is 12.8 Å². The summed E-state index contributed by atoms with van der Waals surface area (Å²) in [6.45, 7) is 0. The number of carbonyl (C=O) groups is 1. The van der Waals surface area contributed by atoms with Gasteiger partial charge in [-0.25, -0.2) is 9.78 Å². The second kappa shape index (κ2) is 10.3. The molecule has 8 heteroatoms. The quantitative estimate of drug-likeness (QED) is 0.222. The van der Waals surface area contributed by atoms with Gasteiger partial charge in [0, 0.05) is 0 Å². The second-order valence-corrected chi connectivity index (χ2v) is 8.04. The maximum Gasteiger partial charge on any atom is 0.360 e. The number of hydrogen-bond acceptors (Lipinski definition) is 6. The van der Waals surface area contributed by atoms with E-state index in [9.17, 15) is 9.90 Å². The molecule has 0 saturated carbocycles. The molecule has 4 aromatic rings. The standard InChI is InChI=1S/C25H21N3O3S.ClH/c1-31-28-21(23(29)30)20-22(32-24(26)27-20)25(17-11-5-2-6-12-17,18-13-7-3-8-14-18)19-15-9-4-10-16-19;/h2-16H,1H3,(H2,26,27)(H,29,30);1H/b28-21-;. The van der Waals surface area contributed by atoms with Crippen molar-refractivity contribution in [1.29, 1.82) is 0 Å². The maximum absolute atomic E-state index is 12.1. The van der Waals surface area contributed by atoms with Crippen LogP contribution in [0.25, 0.3) is 0 Å². The average molecular weight is 480 g/mol. The molecule has 0 atom stereocenters. The van der Waals surface area contributed by atoms with Crippen LogP contribution in [0.5, 0.6) is 0 Å². The van der Waals surface area contributed by atoms with Crippen LogP contribution in [0.2, 0.25) is 0 Å². The average Bonchev–Trinajstić information content (AvgIpc) is 3.21. The van der Waals surface area contributed by atoms with Gasteiger partial charge in [0.2, 0.25) is 5.71 Å². The minimum Gasteiger partial charge on any atom is -0.476 e. The highest BCUT2D eigenvalue weighted by Gasteiger charge is 2.43. The Balaban J connectivity index is 0.00000306. The van der Waals surface area contributed by atoms with Crippen LogP contribution in [0.4, 0.5) is 5.13 Å². The van der Waals surface area contributed by atoms with E-state index < -0.39 is 11.4 Å². The molecule has 168 valence electrons. The van der Waals surface area contributed by atoms with E-state index in [-0.39, 0.29) is 28.9 Å². The molecule has 0 spiro atoms. The number of aliphatic carboxylic acids is 1. The molecule has 33 heavy (non-hydrogen) atoms. The Hall–Kier alpha value is -3.68. The van der Waals surface area contributed by atoms with Gasteiger partial charge in [0.05, 0.1) is 10.3 Å². The van der Waals surface area contributed by atoms with Crippen LogP contribution in [0, 0.1) is 0 Å². The lowest BCUT2D eigenvalue weighted by Crippen LogP contribution is -2.33. The van der Waals surface area contributed by atoms with Gasteiger partial charge in [-0.15, -0.1) is 12.4 Å². The molecule has 0 saturated heterocycles. The largest absolute Gasteiger partial charge is 0.476 e. The smallest absolute Gasteiger partial charge is 0.360 e. The van der Waals surface area contributed by atoms with Crippen molar-refractivity contribution >= 4 is 40.6 Å². The summed E-state index contributed by atoms with van der Waals surface area (Å²) in [4.78, 5) is 22.0. The minimum atomic E-state index is -1.25. The van der Waals surface area contributed by atoms with E-state index in [0.717, 1.165) is 16.7 Å². The number of rotatable bonds is 7. The number of nitrogens with two attached hydrogens (primary N) is 1. The van der Waals surface area contributed by atoms with Crippen molar-refractivity contribution in [2.24, 2.45) is 5.16 Å². The Kier molecular flexibility index (Phi) is 7.48. The van der Waals surface area contributed by atoms with E-state index in [1.54, 1.807) is 0 Å². The van der Waals surface area contributed by atoms with Crippen molar-refractivity contribution in [3.05, 3.63) is 118 Å². The van der Waals surface area contributed by atoms with Crippen LogP contribution in [-0.4, -0.2) is 28.9 Å². The van der Waals surface area contributed by atoms with E-state index in [4.69, 9.17) is 10.6 Å². The predicted octanol–water partition coefficient (Wildman–Crippen LogP) is 4.96. The molecule has 1 aromatic heterocycles. The number of anilines is 1. The predicted molar refractivity (Wildman–Crippen MR) is 133 cm³/mol. The summed E-state index contributed by atoms with van der Waals surface area (Å²) in [7, 11) is 1.30. The zero-order chi connectivity index (χ0) is 22.6. The third kappa shape index (κ3) is 4.33. The van der Waals surface area contributed by atoms with Crippen molar-refractivity contribution in [3.8, 4) is 0 Å². The molecule has 0 aliphatic carbocycles. The molecule has 6 nitrogen and oxygen atoms in total. The highest BCUT2D eigenvalue weighted by Crippen LogP contribution is 2.49. The lowest BCUT2D eigenvalue weighted by atomic mass is 9.67. The van der Waals surface area contributed by atoms with Crippen LogP contribution < -0.4 is 5.73 Å². The first-order chi connectivity index (χ1) is 15.6. The molecule has 0 unspecified atom stereocenters. The Morgan fingerprint density at radius 1 is 0.909 bits per heavy atom. The monoisotopic (exact) mass is 479 g/mol. The number of nitrogens with zero attached hydrogens (tertiary/aromatic N) is 2. The van der Waals surface area contributed by atoms with Crippen LogP contribution in [0.15, 0.2) is 96.2 Å². The molecule has 0 aliphatic heterocycles. The number of thiazole rings is 1. The van der Waals surface area contributed by atoms with E-state index >= 15 is 0 Å². The van der Waals surface area contributed by atoms with Crippen LogP contribution in [0.3, 0.4) is 0 Å². The van der Waals surface area contributed by atoms with Crippen molar-refractivity contribution in [2.45, 2.75) is 5.41 Å². The Bertz CT molecular complexity index is 1150. The zero-order valence-electron chi connectivity index (χ0n) is 17.7. The number of carboxylic acids is 1. The third-order valence-electron chi connectivity index (χ3n) is 5.21. The first kappa shape index (κ1) is 24.0. The Labute approximate surface area is 201 Å². The van der Waals surface area contributed by atoms with Gasteiger partial charge < -0.3 is 15.7 Å². The van der Waals surface area contributed by atoms with Crippen molar-refractivity contribution in [1.82, 2.24) is 4.98 Å². The molecule has 1 heterocycles. The molecule has 4 rings (SSSR count). The number of aromatic nitrogens is 1. The third-order valence-corrected chi connectivity index (χ3v) is 6.22. The molecular weight excluding hydrogens is 458 g/mol. The van der Waals surface area contributed by atoms with Crippen molar-refractivity contribution < 1.29 is 14.7 Å². The van der Waals surface area contributed by atoms with Crippen LogP contribution in [-0.2, 0) is 15.0 Å². The molecule has 3 N–H and O–H groups in total. The number of hydrogen-bond donors (Lipinski definition) is 2. The number of halogens is 1. The SMILES string of the molecule is CO/N=C(\C(=O)O)c1nc(N)sc1C(c1ccccc1)(c1ccccc1)c1ccccc1.Cl.